The molecule has 2 heterocycles. The van der Waals surface area contributed by atoms with Crippen LogP contribution in [-0.2, 0) is 4.79 Å². The van der Waals surface area contributed by atoms with Gasteiger partial charge in [0, 0.05) is 5.92 Å². The highest BCUT2D eigenvalue weighted by atomic mass is 16.2. The number of carbonyl (C=O) groups is 1. The number of hydrogen-bond donors (Lipinski definition) is 3. The Morgan fingerprint density at radius 1 is 1.32 bits per heavy atom. The van der Waals surface area contributed by atoms with Gasteiger partial charge in [-0.2, -0.15) is 0 Å². The second-order valence-electron chi connectivity index (χ2n) is 8.20. The van der Waals surface area contributed by atoms with Gasteiger partial charge in [-0.3, -0.25) is 4.79 Å². The number of amides is 1. The third-order valence-corrected chi connectivity index (χ3v) is 5.87. The molecule has 3 N–H and O–H groups in total. The molecule has 4 rings (SSSR count). The first-order valence-corrected chi connectivity index (χ1v) is 9.53. The van der Waals surface area contributed by atoms with Crippen molar-refractivity contribution in [2.45, 2.75) is 45.6 Å². The number of piperidine rings is 1. The van der Waals surface area contributed by atoms with Gasteiger partial charge in [0.15, 0.2) is 0 Å². The smallest absolute Gasteiger partial charge is 0.224 e. The van der Waals surface area contributed by atoms with Gasteiger partial charge in [0.2, 0.25) is 5.91 Å². The fourth-order valence-electron chi connectivity index (χ4n) is 4.32. The molecule has 25 heavy (non-hydrogen) atoms. The lowest BCUT2D eigenvalue weighted by Crippen LogP contribution is -2.36. The summed E-state index contributed by atoms with van der Waals surface area (Å²) in [5, 5.41) is 6.71. The molecule has 2 aromatic rings. The number of aromatic nitrogens is 2. The van der Waals surface area contributed by atoms with E-state index in [-0.39, 0.29) is 23.3 Å². The maximum atomic E-state index is 12.9. The number of carbonyl (C=O) groups excluding carboxylic acids is 1. The summed E-state index contributed by atoms with van der Waals surface area (Å²) < 4.78 is 0. The minimum Gasteiger partial charge on any atom is -0.346 e. The van der Waals surface area contributed by atoms with Gasteiger partial charge in [-0.1, -0.05) is 26.0 Å². The lowest BCUT2D eigenvalue weighted by molar-refractivity contribution is -0.124. The minimum absolute atomic E-state index is 0.0423. The van der Waals surface area contributed by atoms with E-state index in [0.717, 1.165) is 55.6 Å². The fourth-order valence-corrected chi connectivity index (χ4v) is 4.32. The summed E-state index contributed by atoms with van der Waals surface area (Å²) in [6.07, 6.45) is 4.21. The van der Waals surface area contributed by atoms with Crippen molar-refractivity contribution in [1.29, 1.82) is 0 Å². The van der Waals surface area contributed by atoms with Crippen LogP contribution in [0.3, 0.4) is 0 Å². The molecule has 2 fully saturated rings. The van der Waals surface area contributed by atoms with Gasteiger partial charge in [-0.15, -0.1) is 0 Å². The Morgan fingerprint density at radius 2 is 2.08 bits per heavy atom. The van der Waals surface area contributed by atoms with Crippen molar-refractivity contribution in [2.24, 2.45) is 17.3 Å². The molecule has 0 bridgehead atoms. The van der Waals surface area contributed by atoms with Crippen LogP contribution in [0.15, 0.2) is 24.3 Å². The van der Waals surface area contributed by atoms with E-state index in [4.69, 9.17) is 4.98 Å². The van der Waals surface area contributed by atoms with Crippen LogP contribution in [0.2, 0.25) is 0 Å². The maximum Gasteiger partial charge on any atom is 0.224 e. The van der Waals surface area contributed by atoms with E-state index in [9.17, 15) is 4.79 Å². The lowest BCUT2D eigenvalue weighted by Gasteiger charge is -2.24. The van der Waals surface area contributed by atoms with Crippen LogP contribution in [0.1, 0.15) is 51.4 Å². The number of rotatable bonds is 5. The van der Waals surface area contributed by atoms with E-state index >= 15 is 0 Å². The Bertz CT molecular complexity index is 727. The van der Waals surface area contributed by atoms with Gasteiger partial charge >= 0.3 is 0 Å². The van der Waals surface area contributed by atoms with Gasteiger partial charge in [0.05, 0.1) is 17.1 Å². The summed E-state index contributed by atoms with van der Waals surface area (Å²) in [4.78, 5) is 21.0. The molecule has 5 nitrogen and oxygen atoms in total. The van der Waals surface area contributed by atoms with Gasteiger partial charge in [-0.25, -0.2) is 4.98 Å². The van der Waals surface area contributed by atoms with Crippen LogP contribution >= 0.6 is 0 Å². The van der Waals surface area contributed by atoms with Gasteiger partial charge in [0.1, 0.15) is 5.82 Å². The summed E-state index contributed by atoms with van der Waals surface area (Å²) >= 11 is 0. The Balaban J connectivity index is 1.50. The number of aromatic amines is 1. The van der Waals surface area contributed by atoms with Gasteiger partial charge < -0.3 is 15.6 Å². The molecule has 1 aliphatic heterocycles. The fraction of sp³-hybridized carbons (Fsp3) is 0.600. The monoisotopic (exact) mass is 340 g/mol. The van der Waals surface area contributed by atoms with Crippen LogP contribution < -0.4 is 10.6 Å². The van der Waals surface area contributed by atoms with Crippen LogP contribution in [0.25, 0.3) is 11.0 Å². The number of nitrogens with zero attached hydrogens (tertiary/aromatic N) is 1. The van der Waals surface area contributed by atoms with Crippen LogP contribution in [0.5, 0.6) is 0 Å². The quantitative estimate of drug-likeness (QED) is 0.783. The van der Waals surface area contributed by atoms with E-state index in [1.54, 1.807) is 0 Å². The lowest BCUT2D eigenvalue weighted by atomic mass is 9.91. The molecule has 2 atom stereocenters. The predicted molar refractivity (Wildman–Crippen MR) is 99.1 cm³/mol. The highest BCUT2D eigenvalue weighted by Gasteiger charge is 2.57. The van der Waals surface area contributed by atoms with Crippen molar-refractivity contribution >= 4 is 16.9 Å². The van der Waals surface area contributed by atoms with Crippen LogP contribution in [-0.4, -0.2) is 29.0 Å². The summed E-state index contributed by atoms with van der Waals surface area (Å²) in [6, 6.07) is 8.00. The van der Waals surface area contributed by atoms with E-state index in [1.807, 2.05) is 24.3 Å². The summed E-state index contributed by atoms with van der Waals surface area (Å²) in [7, 11) is 0. The number of imidazole rings is 1. The number of benzene rings is 1. The van der Waals surface area contributed by atoms with Crippen molar-refractivity contribution < 1.29 is 4.79 Å². The molecule has 1 saturated heterocycles. The number of nitrogens with one attached hydrogen (secondary N) is 3. The molecule has 1 aromatic heterocycles. The average Bonchev–Trinajstić information content (AvgIpc) is 3.11. The zero-order chi connectivity index (χ0) is 17.4. The SMILES string of the molecule is CC(C)CC(NC(=O)C1CC12CCNCC2)c1nc2ccccc2[nH]1. The second-order valence-corrected chi connectivity index (χ2v) is 8.20. The van der Waals surface area contributed by atoms with Crippen molar-refractivity contribution in [2.75, 3.05) is 13.1 Å². The third kappa shape index (κ3) is 3.30. The molecule has 1 amide bonds. The number of para-hydroxylation sites is 2. The maximum absolute atomic E-state index is 12.9. The Morgan fingerprint density at radius 3 is 2.80 bits per heavy atom. The highest BCUT2D eigenvalue weighted by Crippen LogP contribution is 2.58. The highest BCUT2D eigenvalue weighted by molar-refractivity contribution is 5.83. The Labute approximate surface area is 149 Å². The minimum atomic E-state index is -0.0423. The second kappa shape index (κ2) is 6.45. The van der Waals surface area contributed by atoms with Crippen molar-refractivity contribution in [3.8, 4) is 0 Å². The topological polar surface area (TPSA) is 69.8 Å². The van der Waals surface area contributed by atoms with Gasteiger partial charge in [-0.05, 0) is 62.2 Å². The van der Waals surface area contributed by atoms with E-state index in [0.29, 0.717) is 5.92 Å². The Kier molecular flexibility index (Phi) is 4.28. The predicted octanol–water partition coefficient (Wildman–Crippen LogP) is 3.16. The van der Waals surface area contributed by atoms with Gasteiger partial charge in [0.25, 0.3) is 0 Å². The molecule has 5 heteroatoms. The van der Waals surface area contributed by atoms with E-state index < -0.39 is 0 Å². The molecule has 1 spiro atoms. The first-order chi connectivity index (χ1) is 12.1. The summed E-state index contributed by atoms with van der Waals surface area (Å²) in [6.45, 7) is 6.46. The molecule has 134 valence electrons. The summed E-state index contributed by atoms with van der Waals surface area (Å²) in [5.74, 6) is 1.77. The molecule has 1 saturated carbocycles. The largest absolute Gasteiger partial charge is 0.346 e. The first kappa shape index (κ1) is 16.6. The standard InChI is InChI=1S/C20H28N4O/c1-13(2)11-17(18-22-15-5-3-4-6-16(15)23-18)24-19(25)14-12-20(14)7-9-21-10-8-20/h3-6,13-14,17,21H,7-12H2,1-2H3,(H,22,23)(H,24,25). The van der Waals surface area contributed by atoms with E-state index in [2.05, 4.69) is 29.5 Å². The average molecular weight is 340 g/mol. The summed E-state index contributed by atoms with van der Waals surface area (Å²) in [5.41, 5.74) is 2.26. The van der Waals surface area contributed by atoms with E-state index in [1.165, 1.54) is 0 Å². The normalized spacial score (nSPS) is 23.1. The number of H-pyrrole nitrogens is 1. The molecule has 2 unspecified atom stereocenters. The first-order valence-electron chi connectivity index (χ1n) is 9.53. The molecule has 2 aliphatic rings. The van der Waals surface area contributed by atoms with Crippen molar-refractivity contribution in [3.63, 3.8) is 0 Å². The van der Waals surface area contributed by atoms with Crippen molar-refractivity contribution in [1.82, 2.24) is 20.6 Å². The zero-order valence-corrected chi connectivity index (χ0v) is 15.1. The van der Waals surface area contributed by atoms with Crippen molar-refractivity contribution in [3.05, 3.63) is 30.1 Å². The molecular formula is C20H28N4O. The van der Waals surface area contributed by atoms with Crippen LogP contribution in [0.4, 0.5) is 0 Å². The molecule has 1 aliphatic carbocycles. The zero-order valence-electron chi connectivity index (χ0n) is 15.1. The Hall–Kier alpha value is -1.88. The van der Waals surface area contributed by atoms with Crippen LogP contribution in [0, 0.1) is 17.3 Å². The molecule has 0 radical (unpaired) electrons. The molecular weight excluding hydrogens is 312 g/mol. The number of fused-ring (bicyclic) bond motifs is 1. The molecule has 1 aromatic carbocycles. The third-order valence-electron chi connectivity index (χ3n) is 5.87. The number of hydrogen-bond acceptors (Lipinski definition) is 3.